The molecular weight excluding hydrogens is 362 g/mol. The number of hydrogen-bond acceptors (Lipinski definition) is 5. The molecule has 1 aliphatic rings. The predicted molar refractivity (Wildman–Crippen MR) is 103 cm³/mol. The third kappa shape index (κ3) is 5.82. The highest BCUT2D eigenvalue weighted by atomic mass is 16.5. The zero-order valence-corrected chi connectivity index (χ0v) is 16.9. The molecule has 1 aromatic rings. The van der Waals surface area contributed by atoms with E-state index in [0.717, 1.165) is 32.1 Å². The SMILES string of the molecule is COCCNC(=O)C(c1ccco1)N(C(=O)C(=O)NC1CCCCC1)C(C)C. The minimum absolute atomic E-state index is 0.0109. The number of rotatable bonds is 8. The molecule has 0 bridgehead atoms. The van der Waals surface area contributed by atoms with Gasteiger partial charge in [0.15, 0.2) is 6.04 Å². The highest BCUT2D eigenvalue weighted by Crippen LogP contribution is 2.25. The molecule has 1 fully saturated rings. The molecular formula is C20H31N3O5. The van der Waals surface area contributed by atoms with Crippen molar-refractivity contribution < 1.29 is 23.5 Å². The van der Waals surface area contributed by atoms with Crippen molar-refractivity contribution in [1.82, 2.24) is 15.5 Å². The van der Waals surface area contributed by atoms with Gasteiger partial charge in [-0.2, -0.15) is 0 Å². The number of nitrogens with one attached hydrogen (secondary N) is 2. The van der Waals surface area contributed by atoms with Gasteiger partial charge in [0.2, 0.25) is 0 Å². The average molecular weight is 393 g/mol. The Bertz CT molecular complexity index is 638. The third-order valence-corrected chi connectivity index (χ3v) is 4.87. The van der Waals surface area contributed by atoms with E-state index in [0.29, 0.717) is 18.9 Å². The quantitative estimate of drug-likeness (QED) is 0.518. The summed E-state index contributed by atoms with van der Waals surface area (Å²) in [6.07, 6.45) is 6.43. The molecule has 8 nitrogen and oxygen atoms in total. The van der Waals surface area contributed by atoms with Crippen LogP contribution in [0.1, 0.15) is 57.8 Å². The van der Waals surface area contributed by atoms with E-state index < -0.39 is 23.8 Å². The fraction of sp³-hybridized carbons (Fsp3) is 0.650. The van der Waals surface area contributed by atoms with Crippen LogP contribution in [-0.2, 0) is 19.1 Å². The molecule has 3 amide bonds. The van der Waals surface area contributed by atoms with Gasteiger partial charge in [0, 0.05) is 25.7 Å². The van der Waals surface area contributed by atoms with Crippen LogP contribution in [0.2, 0.25) is 0 Å². The van der Waals surface area contributed by atoms with Crippen LogP contribution in [0.25, 0.3) is 0 Å². The predicted octanol–water partition coefficient (Wildman–Crippen LogP) is 1.77. The van der Waals surface area contributed by atoms with Crippen LogP contribution in [0.5, 0.6) is 0 Å². The van der Waals surface area contributed by atoms with Gasteiger partial charge in [-0.25, -0.2) is 0 Å². The molecule has 0 radical (unpaired) electrons. The summed E-state index contributed by atoms with van der Waals surface area (Å²) in [5.74, 6) is -1.52. The summed E-state index contributed by atoms with van der Waals surface area (Å²) in [6.45, 7) is 4.17. The highest BCUT2D eigenvalue weighted by molar-refractivity contribution is 6.35. The highest BCUT2D eigenvalue weighted by Gasteiger charge is 2.38. The Morgan fingerprint density at radius 3 is 2.54 bits per heavy atom. The van der Waals surface area contributed by atoms with Gasteiger partial charge < -0.3 is 24.7 Å². The van der Waals surface area contributed by atoms with Crippen molar-refractivity contribution in [2.45, 2.75) is 64.1 Å². The van der Waals surface area contributed by atoms with E-state index in [9.17, 15) is 14.4 Å². The lowest BCUT2D eigenvalue weighted by molar-refractivity contribution is -0.152. The van der Waals surface area contributed by atoms with Crippen molar-refractivity contribution in [3.63, 3.8) is 0 Å². The molecule has 1 aliphatic carbocycles. The second-order valence-electron chi connectivity index (χ2n) is 7.32. The van der Waals surface area contributed by atoms with E-state index in [1.54, 1.807) is 26.0 Å². The van der Waals surface area contributed by atoms with Crippen molar-refractivity contribution in [3.8, 4) is 0 Å². The molecule has 0 aliphatic heterocycles. The second kappa shape index (κ2) is 10.8. The molecule has 1 saturated carbocycles. The van der Waals surface area contributed by atoms with Crippen molar-refractivity contribution in [2.24, 2.45) is 0 Å². The van der Waals surface area contributed by atoms with Crippen LogP contribution in [0.3, 0.4) is 0 Å². The Labute approximate surface area is 166 Å². The molecule has 0 spiro atoms. The van der Waals surface area contributed by atoms with Gasteiger partial charge >= 0.3 is 11.8 Å². The summed E-state index contributed by atoms with van der Waals surface area (Å²) in [5, 5.41) is 5.57. The number of nitrogens with zero attached hydrogens (tertiary/aromatic N) is 1. The van der Waals surface area contributed by atoms with Crippen LogP contribution in [0, 0.1) is 0 Å². The Kier molecular flexibility index (Phi) is 8.50. The summed E-state index contributed by atoms with van der Waals surface area (Å²) in [6, 6.07) is 1.87. The van der Waals surface area contributed by atoms with Gasteiger partial charge in [0.25, 0.3) is 5.91 Å². The molecule has 2 N–H and O–H groups in total. The minimum atomic E-state index is -1.03. The zero-order valence-electron chi connectivity index (χ0n) is 16.9. The van der Waals surface area contributed by atoms with Crippen LogP contribution in [-0.4, -0.2) is 55.0 Å². The summed E-state index contributed by atoms with van der Waals surface area (Å²) in [7, 11) is 1.54. The normalized spacial score (nSPS) is 15.9. The topological polar surface area (TPSA) is 101 Å². The smallest absolute Gasteiger partial charge is 0.313 e. The van der Waals surface area contributed by atoms with Gasteiger partial charge in [0.05, 0.1) is 12.9 Å². The summed E-state index contributed by atoms with van der Waals surface area (Å²) < 4.78 is 10.4. The number of furan rings is 1. The van der Waals surface area contributed by atoms with Crippen LogP contribution in [0.4, 0.5) is 0 Å². The standard InChI is InChI=1S/C20H31N3O5/c1-14(2)23(20(26)19(25)22-15-8-5-4-6-9-15)17(16-10-7-12-28-16)18(24)21-11-13-27-3/h7,10,12,14-15,17H,4-6,8-9,11,13H2,1-3H3,(H,21,24)(H,22,25). The Morgan fingerprint density at radius 2 is 1.96 bits per heavy atom. The number of hydrogen-bond donors (Lipinski definition) is 2. The number of amides is 3. The number of methoxy groups -OCH3 is 1. The Morgan fingerprint density at radius 1 is 1.25 bits per heavy atom. The van der Waals surface area contributed by atoms with E-state index in [-0.39, 0.29) is 12.1 Å². The molecule has 0 aromatic carbocycles. The van der Waals surface area contributed by atoms with Crippen LogP contribution < -0.4 is 10.6 Å². The maximum atomic E-state index is 13.0. The maximum absolute atomic E-state index is 13.0. The van der Waals surface area contributed by atoms with E-state index >= 15 is 0 Å². The molecule has 156 valence electrons. The molecule has 1 heterocycles. The maximum Gasteiger partial charge on any atom is 0.313 e. The Balaban J connectivity index is 2.18. The lowest BCUT2D eigenvalue weighted by atomic mass is 9.95. The molecule has 2 rings (SSSR count). The van der Waals surface area contributed by atoms with Gasteiger partial charge in [-0.3, -0.25) is 14.4 Å². The lowest BCUT2D eigenvalue weighted by Gasteiger charge is -2.33. The first-order valence-corrected chi connectivity index (χ1v) is 9.89. The first kappa shape index (κ1) is 21.9. The average Bonchev–Trinajstić information content (AvgIpc) is 3.20. The first-order chi connectivity index (χ1) is 13.5. The fourth-order valence-corrected chi connectivity index (χ4v) is 3.47. The van der Waals surface area contributed by atoms with Crippen molar-refractivity contribution in [3.05, 3.63) is 24.2 Å². The van der Waals surface area contributed by atoms with Crippen molar-refractivity contribution in [2.75, 3.05) is 20.3 Å². The van der Waals surface area contributed by atoms with E-state index in [1.807, 2.05) is 0 Å². The van der Waals surface area contributed by atoms with Crippen LogP contribution >= 0.6 is 0 Å². The van der Waals surface area contributed by atoms with Crippen molar-refractivity contribution in [1.29, 1.82) is 0 Å². The number of carbonyl (C=O) groups is 3. The molecule has 28 heavy (non-hydrogen) atoms. The number of ether oxygens (including phenoxy) is 1. The van der Waals surface area contributed by atoms with Gasteiger partial charge in [-0.1, -0.05) is 19.3 Å². The number of carbonyl (C=O) groups excluding carboxylic acids is 3. The van der Waals surface area contributed by atoms with Crippen LogP contribution in [0.15, 0.2) is 22.8 Å². The zero-order chi connectivity index (χ0) is 20.5. The summed E-state index contributed by atoms with van der Waals surface area (Å²) in [4.78, 5) is 39.7. The van der Waals surface area contributed by atoms with Gasteiger partial charge in [-0.15, -0.1) is 0 Å². The summed E-state index contributed by atoms with van der Waals surface area (Å²) >= 11 is 0. The molecule has 1 aromatic heterocycles. The summed E-state index contributed by atoms with van der Waals surface area (Å²) in [5.41, 5.74) is 0. The minimum Gasteiger partial charge on any atom is -0.467 e. The van der Waals surface area contributed by atoms with Crippen molar-refractivity contribution >= 4 is 17.7 Å². The van der Waals surface area contributed by atoms with Gasteiger partial charge in [-0.05, 0) is 38.8 Å². The molecule has 8 heteroatoms. The fourth-order valence-electron chi connectivity index (χ4n) is 3.47. The largest absolute Gasteiger partial charge is 0.467 e. The Hall–Kier alpha value is -2.35. The van der Waals surface area contributed by atoms with E-state index in [1.165, 1.54) is 18.3 Å². The molecule has 1 unspecified atom stereocenters. The molecule has 1 atom stereocenters. The lowest BCUT2D eigenvalue weighted by Crippen LogP contribution is -2.53. The molecule has 0 saturated heterocycles. The third-order valence-electron chi connectivity index (χ3n) is 4.87. The van der Waals surface area contributed by atoms with E-state index in [2.05, 4.69) is 10.6 Å². The van der Waals surface area contributed by atoms with E-state index in [4.69, 9.17) is 9.15 Å². The monoisotopic (exact) mass is 393 g/mol. The second-order valence-corrected chi connectivity index (χ2v) is 7.32. The first-order valence-electron chi connectivity index (χ1n) is 9.89. The van der Waals surface area contributed by atoms with Gasteiger partial charge in [0.1, 0.15) is 5.76 Å².